The van der Waals surface area contributed by atoms with Gasteiger partial charge in [0.2, 0.25) is 0 Å². The number of anilines is 3. The quantitative estimate of drug-likeness (QED) is 0.445. The third-order valence-corrected chi connectivity index (χ3v) is 2.74. The third kappa shape index (κ3) is 3.37. The van der Waals surface area contributed by atoms with Crippen LogP contribution in [-0.2, 0) is 0 Å². The Morgan fingerprint density at radius 3 is 2.48 bits per heavy atom. The standard InChI is InChI=1S/C13H13FN4O3/c1-21-13-3-2-8(7-12(13)14)16-9-4-10(17-15)6-11(5-9)18(19)20/h2-7,16-17H,15H2,1H3. The second-order valence-corrected chi connectivity index (χ2v) is 4.14. The molecule has 0 aliphatic carbocycles. The summed E-state index contributed by atoms with van der Waals surface area (Å²) in [5.41, 5.74) is 3.40. The van der Waals surface area contributed by atoms with Crippen LogP contribution in [0.1, 0.15) is 0 Å². The Hall–Kier alpha value is -2.87. The highest BCUT2D eigenvalue weighted by atomic mass is 19.1. The highest BCUT2D eigenvalue weighted by Gasteiger charge is 2.10. The Morgan fingerprint density at radius 2 is 1.90 bits per heavy atom. The monoisotopic (exact) mass is 292 g/mol. The van der Waals surface area contributed by atoms with E-state index in [1.165, 1.54) is 31.4 Å². The maximum Gasteiger partial charge on any atom is 0.273 e. The second-order valence-electron chi connectivity index (χ2n) is 4.14. The van der Waals surface area contributed by atoms with Crippen LogP contribution < -0.4 is 21.3 Å². The molecule has 2 rings (SSSR count). The first-order chi connectivity index (χ1) is 10.0. The first-order valence-corrected chi connectivity index (χ1v) is 5.90. The lowest BCUT2D eigenvalue weighted by molar-refractivity contribution is -0.384. The summed E-state index contributed by atoms with van der Waals surface area (Å²) in [5, 5.41) is 13.7. The van der Waals surface area contributed by atoms with E-state index < -0.39 is 10.7 Å². The van der Waals surface area contributed by atoms with Crippen molar-refractivity contribution in [2.45, 2.75) is 0 Å². The van der Waals surface area contributed by atoms with Gasteiger partial charge in [-0.1, -0.05) is 0 Å². The summed E-state index contributed by atoms with van der Waals surface area (Å²) in [6.45, 7) is 0. The van der Waals surface area contributed by atoms with Gasteiger partial charge in [-0.05, 0) is 18.2 Å². The summed E-state index contributed by atoms with van der Waals surface area (Å²) in [7, 11) is 1.37. The van der Waals surface area contributed by atoms with E-state index >= 15 is 0 Å². The van der Waals surface area contributed by atoms with Crippen molar-refractivity contribution >= 4 is 22.7 Å². The number of nitro benzene ring substituents is 1. The van der Waals surface area contributed by atoms with Crippen LogP contribution in [0.25, 0.3) is 0 Å². The first kappa shape index (κ1) is 14.5. The number of hydrogen-bond acceptors (Lipinski definition) is 6. The predicted molar refractivity (Wildman–Crippen MR) is 77.1 cm³/mol. The van der Waals surface area contributed by atoms with Crippen LogP contribution in [0.3, 0.4) is 0 Å². The summed E-state index contributed by atoms with van der Waals surface area (Å²) in [5.74, 6) is 4.84. The molecule has 0 radical (unpaired) electrons. The van der Waals surface area contributed by atoms with Crippen molar-refractivity contribution in [2.24, 2.45) is 5.84 Å². The molecule has 21 heavy (non-hydrogen) atoms. The van der Waals surface area contributed by atoms with Gasteiger partial charge >= 0.3 is 0 Å². The molecule has 2 aromatic rings. The van der Waals surface area contributed by atoms with Gasteiger partial charge in [0, 0.05) is 29.6 Å². The lowest BCUT2D eigenvalue weighted by Crippen LogP contribution is -2.07. The second kappa shape index (κ2) is 6.06. The minimum Gasteiger partial charge on any atom is -0.494 e. The minimum absolute atomic E-state index is 0.115. The van der Waals surface area contributed by atoms with Gasteiger partial charge in [0.1, 0.15) is 0 Å². The average Bonchev–Trinajstić information content (AvgIpc) is 2.47. The maximum absolute atomic E-state index is 13.6. The molecule has 4 N–H and O–H groups in total. The molecule has 7 nitrogen and oxygen atoms in total. The van der Waals surface area contributed by atoms with E-state index in [2.05, 4.69) is 10.7 Å². The van der Waals surface area contributed by atoms with E-state index in [9.17, 15) is 14.5 Å². The van der Waals surface area contributed by atoms with Gasteiger partial charge in [-0.15, -0.1) is 0 Å². The molecule has 8 heteroatoms. The fourth-order valence-corrected chi connectivity index (χ4v) is 1.78. The number of hydrazine groups is 1. The zero-order chi connectivity index (χ0) is 15.4. The Kier molecular flexibility index (Phi) is 4.19. The minimum atomic E-state index is -0.541. The van der Waals surface area contributed by atoms with E-state index in [1.54, 1.807) is 12.1 Å². The molecule has 2 aromatic carbocycles. The zero-order valence-electron chi connectivity index (χ0n) is 11.1. The molecule has 0 fully saturated rings. The van der Waals surface area contributed by atoms with E-state index in [-0.39, 0.29) is 11.4 Å². The van der Waals surface area contributed by atoms with Crippen LogP contribution >= 0.6 is 0 Å². The molecule has 0 aromatic heterocycles. The molecule has 0 saturated carbocycles. The molecule has 0 bridgehead atoms. The lowest BCUT2D eigenvalue weighted by atomic mass is 10.2. The van der Waals surface area contributed by atoms with Crippen molar-refractivity contribution in [3.63, 3.8) is 0 Å². The number of nitrogens with zero attached hydrogens (tertiary/aromatic N) is 1. The van der Waals surface area contributed by atoms with Crippen molar-refractivity contribution in [1.82, 2.24) is 0 Å². The predicted octanol–water partition coefficient (Wildman–Crippen LogP) is 2.77. The molecule has 0 heterocycles. The van der Waals surface area contributed by atoms with Gasteiger partial charge in [-0.2, -0.15) is 0 Å². The van der Waals surface area contributed by atoms with Crippen LogP contribution in [0.5, 0.6) is 5.75 Å². The van der Waals surface area contributed by atoms with Gasteiger partial charge in [0.15, 0.2) is 11.6 Å². The number of nitrogen functional groups attached to an aromatic ring is 1. The maximum atomic E-state index is 13.6. The summed E-state index contributed by atoms with van der Waals surface area (Å²) < 4.78 is 18.4. The fraction of sp³-hybridized carbons (Fsp3) is 0.0769. The molecule has 0 atom stereocenters. The van der Waals surface area contributed by atoms with Gasteiger partial charge < -0.3 is 15.5 Å². The number of nitro groups is 1. The largest absolute Gasteiger partial charge is 0.494 e. The average molecular weight is 292 g/mol. The third-order valence-electron chi connectivity index (χ3n) is 2.74. The SMILES string of the molecule is COc1ccc(Nc2cc(NN)cc([N+](=O)[O-])c2)cc1F. The lowest BCUT2D eigenvalue weighted by Gasteiger charge is -2.10. The summed E-state index contributed by atoms with van der Waals surface area (Å²) in [6, 6.07) is 8.46. The number of halogens is 1. The van der Waals surface area contributed by atoms with Gasteiger partial charge in [-0.25, -0.2) is 4.39 Å². The molecule has 0 spiro atoms. The van der Waals surface area contributed by atoms with Crippen molar-refractivity contribution in [1.29, 1.82) is 0 Å². The van der Waals surface area contributed by atoms with Crippen LogP contribution in [0.15, 0.2) is 36.4 Å². The Labute approximate surface area is 119 Å². The van der Waals surface area contributed by atoms with Crippen molar-refractivity contribution in [3.8, 4) is 5.75 Å². The summed E-state index contributed by atoms with van der Waals surface area (Å²) in [4.78, 5) is 10.3. The highest BCUT2D eigenvalue weighted by molar-refractivity contribution is 5.68. The Bertz CT molecular complexity index is 678. The fourth-order valence-electron chi connectivity index (χ4n) is 1.78. The first-order valence-electron chi connectivity index (χ1n) is 5.90. The molecule has 0 aliphatic heterocycles. The van der Waals surface area contributed by atoms with E-state index in [0.29, 0.717) is 17.1 Å². The number of nitrogens with one attached hydrogen (secondary N) is 2. The molecule has 0 aliphatic rings. The van der Waals surface area contributed by atoms with Crippen LogP contribution in [-0.4, -0.2) is 12.0 Å². The number of ether oxygens (including phenoxy) is 1. The van der Waals surface area contributed by atoms with Gasteiger partial charge in [-0.3, -0.25) is 16.0 Å². The van der Waals surface area contributed by atoms with Crippen molar-refractivity contribution in [2.75, 3.05) is 17.9 Å². The van der Waals surface area contributed by atoms with Crippen LogP contribution in [0.2, 0.25) is 0 Å². The van der Waals surface area contributed by atoms with Crippen molar-refractivity contribution < 1.29 is 14.1 Å². The normalized spacial score (nSPS) is 10.0. The van der Waals surface area contributed by atoms with E-state index in [0.717, 1.165) is 0 Å². The topological polar surface area (TPSA) is 102 Å². The van der Waals surface area contributed by atoms with Crippen LogP contribution in [0.4, 0.5) is 27.1 Å². The number of non-ortho nitro benzene ring substituents is 1. The highest BCUT2D eigenvalue weighted by Crippen LogP contribution is 2.28. The molecule has 0 amide bonds. The van der Waals surface area contributed by atoms with E-state index in [1.807, 2.05) is 0 Å². The number of methoxy groups -OCH3 is 1. The van der Waals surface area contributed by atoms with Gasteiger partial charge in [0.05, 0.1) is 17.7 Å². The Balaban J connectivity index is 2.32. The molecular weight excluding hydrogens is 279 g/mol. The van der Waals surface area contributed by atoms with Gasteiger partial charge in [0.25, 0.3) is 5.69 Å². The smallest absolute Gasteiger partial charge is 0.273 e. The number of hydrogen-bond donors (Lipinski definition) is 3. The van der Waals surface area contributed by atoms with Crippen molar-refractivity contribution in [3.05, 3.63) is 52.3 Å². The summed E-state index contributed by atoms with van der Waals surface area (Å²) in [6.07, 6.45) is 0. The van der Waals surface area contributed by atoms with E-state index in [4.69, 9.17) is 10.6 Å². The molecule has 0 saturated heterocycles. The molecule has 110 valence electrons. The zero-order valence-corrected chi connectivity index (χ0v) is 11.1. The number of rotatable bonds is 5. The number of benzene rings is 2. The number of nitrogens with two attached hydrogens (primary N) is 1. The Morgan fingerprint density at radius 1 is 1.19 bits per heavy atom. The molecule has 0 unspecified atom stereocenters. The van der Waals surface area contributed by atoms with Crippen LogP contribution in [0, 0.1) is 15.9 Å². The summed E-state index contributed by atoms with van der Waals surface area (Å²) >= 11 is 0. The molecular formula is C13H13FN4O3.